The number of aromatic nitrogens is 4. The molecule has 0 unspecified atom stereocenters. The summed E-state index contributed by atoms with van der Waals surface area (Å²) in [4.78, 5) is 55.0. The highest BCUT2D eigenvalue weighted by atomic mass is 32.2. The number of piperidine rings is 1. The minimum absolute atomic E-state index is 0.0182. The SMILES string of the molecule is COc1ccc2cc(-c3csc(CS(=O)(=O)c4ccccc4)n3)c(=O)[nH]c2c1.O=C(c1ccc2cc(-c3csc(CS(=O)(=O)c4ccccc4)n3)c(=O)[nH]c2c1)N1CCCCC1. The van der Waals surface area contributed by atoms with Gasteiger partial charge in [0.1, 0.15) is 27.3 Å². The van der Waals surface area contributed by atoms with Crippen LogP contribution in [0.5, 0.6) is 5.75 Å². The molecule has 1 saturated heterocycles. The van der Waals surface area contributed by atoms with Gasteiger partial charge in [-0.05, 0) is 90.7 Å². The van der Waals surface area contributed by atoms with Crippen molar-refractivity contribution in [2.75, 3.05) is 20.2 Å². The quantitative estimate of drug-likeness (QED) is 0.137. The molecule has 316 valence electrons. The maximum atomic E-state index is 12.8. The Balaban J connectivity index is 0.000000174. The molecule has 62 heavy (non-hydrogen) atoms. The summed E-state index contributed by atoms with van der Waals surface area (Å²) in [7, 11) is -5.45. The van der Waals surface area contributed by atoms with Gasteiger partial charge in [-0.25, -0.2) is 26.8 Å². The van der Waals surface area contributed by atoms with E-state index in [1.54, 1.807) is 109 Å². The molecule has 0 spiro atoms. The molecular formula is C45H39N5O8S4. The molecule has 4 aromatic carbocycles. The summed E-state index contributed by atoms with van der Waals surface area (Å²) in [5, 5.41) is 5.86. The summed E-state index contributed by atoms with van der Waals surface area (Å²) >= 11 is 2.43. The number of thiazole rings is 2. The third-order valence-electron chi connectivity index (χ3n) is 10.3. The highest BCUT2D eigenvalue weighted by Crippen LogP contribution is 2.28. The molecule has 2 N–H and O–H groups in total. The lowest BCUT2D eigenvalue weighted by atomic mass is 10.1. The van der Waals surface area contributed by atoms with Crippen LogP contribution in [0.2, 0.25) is 0 Å². The predicted molar refractivity (Wildman–Crippen MR) is 242 cm³/mol. The Morgan fingerprint density at radius 3 is 1.63 bits per heavy atom. The average Bonchev–Trinajstić information content (AvgIpc) is 3.95. The van der Waals surface area contributed by atoms with Crippen LogP contribution < -0.4 is 15.9 Å². The van der Waals surface area contributed by atoms with Crippen molar-refractivity contribution in [1.29, 1.82) is 0 Å². The largest absolute Gasteiger partial charge is 0.497 e. The summed E-state index contributed by atoms with van der Waals surface area (Å²) < 4.78 is 55.6. The van der Waals surface area contributed by atoms with Crippen molar-refractivity contribution in [3.63, 3.8) is 0 Å². The number of hydrogen-bond donors (Lipinski definition) is 2. The van der Waals surface area contributed by atoms with Gasteiger partial charge in [0.15, 0.2) is 19.7 Å². The van der Waals surface area contributed by atoms with Crippen LogP contribution in [0.1, 0.15) is 39.6 Å². The fourth-order valence-electron chi connectivity index (χ4n) is 7.05. The van der Waals surface area contributed by atoms with Gasteiger partial charge in [0.2, 0.25) is 0 Å². The van der Waals surface area contributed by atoms with Crippen LogP contribution in [-0.2, 0) is 31.2 Å². The molecule has 1 fully saturated rings. The van der Waals surface area contributed by atoms with E-state index in [0.717, 1.165) is 43.1 Å². The Kier molecular flexibility index (Phi) is 12.3. The zero-order valence-electron chi connectivity index (χ0n) is 33.2. The molecule has 4 aromatic heterocycles. The Morgan fingerprint density at radius 1 is 0.645 bits per heavy atom. The molecule has 17 heteroatoms. The normalized spacial score (nSPS) is 13.1. The van der Waals surface area contributed by atoms with Crippen molar-refractivity contribution in [1.82, 2.24) is 24.8 Å². The van der Waals surface area contributed by atoms with Gasteiger partial charge in [-0.1, -0.05) is 42.5 Å². The van der Waals surface area contributed by atoms with Gasteiger partial charge in [-0.15, -0.1) is 22.7 Å². The Bertz CT molecular complexity index is 3270. The second-order valence-corrected chi connectivity index (χ2v) is 20.4. The highest BCUT2D eigenvalue weighted by molar-refractivity contribution is 7.91. The van der Waals surface area contributed by atoms with Crippen molar-refractivity contribution >= 4 is 70.1 Å². The number of H-pyrrole nitrogens is 2. The number of sulfone groups is 2. The topological polar surface area (TPSA) is 189 Å². The van der Waals surface area contributed by atoms with Gasteiger partial charge in [-0.3, -0.25) is 14.4 Å². The standard InChI is InChI=1S/C25H23N3O4S2.C20H16N2O4S2/c29-24-20(22-15-33-23(26-22)16-34(31,32)19-7-3-1-4-8-19)13-17-9-10-18(14-21(17)27-24)25(30)28-11-5-2-6-12-28;1-26-14-8-7-13-9-16(20(23)22-17(13)10-14)18-11-27-19(21-18)12-28(24,25)15-5-3-2-4-6-15/h1,3-4,7-10,13-15H,2,5-6,11-12,16H2,(H,27,29);2-11H,12H2,1H3,(H,22,23). The summed E-state index contributed by atoms with van der Waals surface area (Å²) in [6, 6.07) is 30.7. The minimum Gasteiger partial charge on any atom is -0.497 e. The fraction of sp³-hybridized carbons (Fsp3) is 0.178. The molecule has 13 nitrogen and oxygen atoms in total. The molecule has 0 atom stereocenters. The van der Waals surface area contributed by atoms with Crippen LogP contribution in [0.3, 0.4) is 0 Å². The van der Waals surface area contributed by atoms with Gasteiger partial charge in [0, 0.05) is 41.0 Å². The van der Waals surface area contributed by atoms with E-state index >= 15 is 0 Å². The zero-order valence-corrected chi connectivity index (χ0v) is 36.5. The smallest absolute Gasteiger partial charge is 0.257 e. The predicted octanol–water partition coefficient (Wildman–Crippen LogP) is 7.89. The number of benzene rings is 4. The number of fused-ring (bicyclic) bond motifs is 2. The van der Waals surface area contributed by atoms with Crippen LogP contribution in [-0.4, -0.2) is 67.8 Å². The van der Waals surface area contributed by atoms with Crippen LogP contribution in [0.4, 0.5) is 0 Å². The number of carbonyl (C=O) groups excluding carboxylic acids is 1. The van der Waals surface area contributed by atoms with Crippen LogP contribution in [0.15, 0.2) is 139 Å². The molecule has 8 aromatic rings. The van der Waals surface area contributed by atoms with Crippen molar-refractivity contribution < 1.29 is 26.4 Å². The Morgan fingerprint density at radius 2 is 1.13 bits per heavy atom. The van der Waals surface area contributed by atoms with E-state index in [9.17, 15) is 31.2 Å². The first kappa shape index (κ1) is 42.4. The summed E-state index contributed by atoms with van der Waals surface area (Å²) in [6.45, 7) is 1.52. The number of amides is 1. The first-order valence-corrected chi connectivity index (χ1v) is 24.6. The number of hydrogen-bond acceptors (Lipinski definition) is 12. The number of nitrogens with one attached hydrogen (secondary N) is 2. The third-order valence-corrected chi connectivity index (χ3v) is 15.6. The third kappa shape index (κ3) is 9.45. The molecule has 0 bridgehead atoms. The van der Waals surface area contributed by atoms with Gasteiger partial charge in [0.05, 0.1) is 44.9 Å². The number of aromatic amines is 2. The number of likely N-dealkylation sites (tertiary alicyclic amines) is 1. The van der Waals surface area contributed by atoms with Crippen molar-refractivity contribution in [2.45, 2.75) is 40.6 Å². The van der Waals surface area contributed by atoms with Crippen LogP contribution >= 0.6 is 22.7 Å². The molecule has 1 amide bonds. The van der Waals surface area contributed by atoms with E-state index in [2.05, 4.69) is 19.9 Å². The van der Waals surface area contributed by atoms with Gasteiger partial charge < -0.3 is 19.6 Å². The van der Waals surface area contributed by atoms with E-state index in [1.165, 1.54) is 22.7 Å². The van der Waals surface area contributed by atoms with Gasteiger partial charge >= 0.3 is 0 Å². The molecule has 9 rings (SSSR count). The first-order chi connectivity index (χ1) is 29.9. The lowest BCUT2D eigenvalue weighted by Crippen LogP contribution is -2.35. The molecule has 0 saturated carbocycles. The summed E-state index contributed by atoms with van der Waals surface area (Å²) in [5.74, 6) is 0.202. The summed E-state index contributed by atoms with van der Waals surface area (Å²) in [5.41, 5.74) is 2.83. The number of carbonyl (C=O) groups is 1. The Labute approximate surface area is 364 Å². The molecule has 0 aliphatic carbocycles. The van der Waals surface area contributed by atoms with E-state index in [0.29, 0.717) is 54.9 Å². The number of ether oxygens (including phenoxy) is 1. The zero-order chi connectivity index (χ0) is 43.4. The molecular weight excluding hydrogens is 867 g/mol. The Hall–Kier alpha value is -6.27. The lowest BCUT2D eigenvalue weighted by molar-refractivity contribution is 0.0724. The second kappa shape index (κ2) is 18.0. The fourth-order valence-corrected chi connectivity index (χ4v) is 11.9. The van der Waals surface area contributed by atoms with E-state index in [4.69, 9.17) is 4.74 Å². The van der Waals surface area contributed by atoms with Crippen molar-refractivity contribution in [2.24, 2.45) is 0 Å². The minimum atomic E-state index is -3.52. The average molecular weight is 906 g/mol. The van der Waals surface area contributed by atoms with Gasteiger partial charge in [0.25, 0.3) is 17.0 Å². The van der Waals surface area contributed by atoms with Crippen molar-refractivity contribution in [3.05, 3.63) is 156 Å². The maximum Gasteiger partial charge on any atom is 0.257 e. The number of methoxy groups -OCH3 is 1. The maximum absolute atomic E-state index is 12.8. The van der Waals surface area contributed by atoms with Crippen LogP contribution in [0.25, 0.3) is 44.3 Å². The molecule has 1 aliphatic heterocycles. The molecule has 0 radical (unpaired) electrons. The van der Waals surface area contributed by atoms with Crippen LogP contribution in [0, 0.1) is 0 Å². The van der Waals surface area contributed by atoms with Crippen molar-refractivity contribution in [3.8, 4) is 28.3 Å². The van der Waals surface area contributed by atoms with E-state index in [1.807, 2.05) is 23.1 Å². The second-order valence-electron chi connectivity index (χ2n) is 14.5. The molecule has 1 aliphatic rings. The number of rotatable bonds is 10. The van der Waals surface area contributed by atoms with Gasteiger partial charge in [-0.2, -0.15) is 0 Å². The number of pyridine rings is 2. The summed E-state index contributed by atoms with van der Waals surface area (Å²) in [6.07, 6.45) is 3.18. The first-order valence-electron chi connectivity index (χ1n) is 19.5. The highest BCUT2D eigenvalue weighted by Gasteiger charge is 2.22. The molecule has 5 heterocycles. The number of nitrogens with zero attached hydrogens (tertiary/aromatic N) is 3. The lowest BCUT2D eigenvalue weighted by Gasteiger charge is -2.26. The monoisotopic (exact) mass is 905 g/mol. The van der Waals surface area contributed by atoms with E-state index < -0.39 is 19.7 Å². The van der Waals surface area contributed by atoms with E-state index in [-0.39, 0.29) is 38.3 Å².